The van der Waals surface area contributed by atoms with Crippen LogP contribution < -0.4 is 15.4 Å². The second-order valence-corrected chi connectivity index (χ2v) is 7.05. The zero-order chi connectivity index (χ0) is 20.8. The van der Waals surface area contributed by atoms with Gasteiger partial charge in [0.25, 0.3) is 0 Å². The average Bonchev–Trinajstić information content (AvgIpc) is 2.72. The topological polar surface area (TPSA) is 76.7 Å². The van der Waals surface area contributed by atoms with E-state index >= 15 is 0 Å². The minimum absolute atomic E-state index is 0.0552. The molecule has 0 bridgehead atoms. The predicted octanol–water partition coefficient (Wildman–Crippen LogP) is 4.09. The van der Waals surface area contributed by atoms with Crippen LogP contribution in [0.5, 0.6) is 5.75 Å². The lowest BCUT2D eigenvalue weighted by atomic mass is 9.91. The molecule has 1 aliphatic heterocycles. The molecule has 1 atom stereocenters. The summed E-state index contributed by atoms with van der Waals surface area (Å²) in [6.45, 7) is 6.24. The highest BCUT2D eigenvalue weighted by Crippen LogP contribution is 2.35. The Labute approximate surface area is 170 Å². The van der Waals surface area contributed by atoms with Crippen molar-refractivity contribution >= 4 is 12.0 Å². The molecule has 1 heterocycles. The van der Waals surface area contributed by atoms with E-state index in [1.54, 1.807) is 6.92 Å². The number of carbonyl (C=O) groups excluding carboxylic acids is 2. The number of carbonyl (C=O) groups is 2. The van der Waals surface area contributed by atoms with Crippen molar-refractivity contribution in [2.75, 3.05) is 6.61 Å². The molecular formula is C23H26N2O4. The number of amides is 2. The SMILES string of the molecule is CCOC(=O)C1=C(C(C)C)NC(=O)NC1c1ccccc1OCc1ccccc1. The zero-order valence-electron chi connectivity index (χ0n) is 16.9. The highest BCUT2D eigenvalue weighted by atomic mass is 16.5. The Kier molecular flexibility index (Phi) is 6.54. The second-order valence-electron chi connectivity index (χ2n) is 7.05. The van der Waals surface area contributed by atoms with Gasteiger partial charge in [0.15, 0.2) is 0 Å². The van der Waals surface area contributed by atoms with E-state index in [1.165, 1.54) is 0 Å². The molecular weight excluding hydrogens is 368 g/mol. The highest BCUT2D eigenvalue weighted by molar-refractivity contribution is 5.95. The van der Waals surface area contributed by atoms with E-state index in [1.807, 2.05) is 68.4 Å². The van der Waals surface area contributed by atoms with Gasteiger partial charge < -0.3 is 20.1 Å². The van der Waals surface area contributed by atoms with Gasteiger partial charge in [-0.2, -0.15) is 0 Å². The second kappa shape index (κ2) is 9.28. The molecule has 0 spiro atoms. The Morgan fingerprint density at radius 2 is 1.76 bits per heavy atom. The van der Waals surface area contributed by atoms with Crippen LogP contribution in [0.25, 0.3) is 0 Å². The molecule has 29 heavy (non-hydrogen) atoms. The van der Waals surface area contributed by atoms with Gasteiger partial charge in [0.2, 0.25) is 0 Å². The highest BCUT2D eigenvalue weighted by Gasteiger charge is 2.36. The molecule has 0 radical (unpaired) electrons. The summed E-state index contributed by atoms with van der Waals surface area (Å²) in [5.41, 5.74) is 2.70. The fourth-order valence-electron chi connectivity index (χ4n) is 3.30. The molecule has 3 rings (SSSR count). The molecule has 0 saturated carbocycles. The Morgan fingerprint density at radius 1 is 1.07 bits per heavy atom. The number of para-hydroxylation sites is 1. The smallest absolute Gasteiger partial charge is 0.338 e. The lowest BCUT2D eigenvalue weighted by molar-refractivity contribution is -0.139. The summed E-state index contributed by atoms with van der Waals surface area (Å²) < 4.78 is 11.3. The van der Waals surface area contributed by atoms with Crippen molar-refractivity contribution in [3.05, 3.63) is 77.0 Å². The van der Waals surface area contributed by atoms with Crippen LogP contribution in [0.2, 0.25) is 0 Å². The number of hydrogen-bond donors (Lipinski definition) is 2. The van der Waals surface area contributed by atoms with Crippen LogP contribution in [-0.2, 0) is 16.1 Å². The molecule has 0 fully saturated rings. The number of hydrogen-bond acceptors (Lipinski definition) is 4. The maximum Gasteiger partial charge on any atom is 0.338 e. The van der Waals surface area contributed by atoms with Gasteiger partial charge in [0.1, 0.15) is 12.4 Å². The van der Waals surface area contributed by atoms with Crippen molar-refractivity contribution < 1.29 is 19.1 Å². The summed E-state index contributed by atoms with van der Waals surface area (Å²) in [4.78, 5) is 25.1. The van der Waals surface area contributed by atoms with Gasteiger partial charge >= 0.3 is 12.0 Å². The van der Waals surface area contributed by atoms with Gasteiger partial charge in [-0.25, -0.2) is 9.59 Å². The van der Waals surface area contributed by atoms with Crippen molar-refractivity contribution in [1.29, 1.82) is 0 Å². The third-order valence-corrected chi connectivity index (χ3v) is 4.64. The van der Waals surface area contributed by atoms with Gasteiger partial charge in [-0.1, -0.05) is 62.4 Å². The van der Waals surface area contributed by atoms with Gasteiger partial charge in [-0.3, -0.25) is 0 Å². The first-order valence-corrected chi connectivity index (χ1v) is 9.75. The standard InChI is InChI=1S/C23H26N2O4/c1-4-28-22(26)19-20(15(2)3)24-23(27)25-21(19)17-12-8-9-13-18(17)29-14-16-10-6-5-7-11-16/h5-13,15,21H,4,14H2,1-3H3,(H2,24,25,27). The van der Waals surface area contributed by atoms with Crippen molar-refractivity contribution in [2.45, 2.75) is 33.4 Å². The summed E-state index contributed by atoms with van der Waals surface area (Å²) >= 11 is 0. The molecule has 2 aromatic carbocycles. The van der Waals surface area contributed by atoms with Crippen molar-refractivity contribution in [3.8, 4) is 5.75 Å². The van der Waals surface area contributed by atoms with E-state index in [9.17, 15) is 9.59 Å². The van der Waals surface area contributed by atoms with Crippen LogP contribution in [0.4, 0.5) is 4.79 Å². The number of nitrogens with one attached hydrogen (secondary N) is 2. The minimum atomic E-state index is -0.660. The van der Waals surface area contributed by atoms with Crippen LogP contribution >= 0.6 is 0 Å². The average molecular weight is 394 g/mol. The summed E-state index contributed by atoms with van der Waals surface area (Å²) in [5, 5.41) is 5.63. The fraction of sp³-hybridized carbons (Fsp3) is 0.304. The Hall–Kier alpha value is -3.28. The van der Waals surface area contributed by atoms with E-state index in [-0.39, 0.29) is 18.6 Å². The number of esters is 1. The van der Waals surface area contributed by atoms with Crippen LogP contribution in [0, 0.1) is 5.92 Å². The lowest BCUT2D eigenvalue weighted by Crippen LogP contribution is -2.47. The summed E-state index contributed by atoms with van der Waals surface area (Å²) in [6.07, 6.45) is 0. The summed E-state index contributed by atoms with van der Waals surface area (Å²) in [7, 11) is 0. The fourth-order valence-corrected chi connectivity index (χ4v) is 3.30. The number of benzene rings is 2. The van der Waals surface area contributed by atoms with E-state index in [2.05, 4.69) is 10.6 Å². The molecule has 152 valence electrons. The van der Waals surface area contributed by atoms with E-state index < -0.39 is 12.0 Å². The molecule has 6 nitrogen and oxygen atoms in total. The molecule has 0 aliphatic carbocycles. The molecule has 6 heteroatoms. The molecule has 2 amide bonds. The van der Waals surface area contributed by atoms with E-state index in [4.69, 9.17) is 9.47 Å². The van der Waals surface area contributed by atoms with Crippen molar-refractivity contribution in [1.82, 2.24) is 10.6 Å². The van der Waals surface area contributed by atoms with E-state index in [0.717, 1.165) is 5.56 Å². The summed E-state index contributed by atoms with van der Waals surface area (Å²) in [6, 6.07) is 16.2. The minimum Gasteiger partial charge on any atom is -0.489 e. The van der Waals surface area contributed by atoms with Gasteiger partial charge in [0, 0.05) is 11.3 Å². The maximum absolute atomic E-state index is 12.8. The monoisotopic (exact) mass is 394 g/mol. The molecule has 2 N–H and O–H groups in total. The zero-order valence-corrected chi connectivity index (χ0v) is 16.9. The normalized spacial score (nSPS) is 16.3. The van der Waals surface area contributed by atoms with Crippen LogP contribution in [0.3, 0.4) is 0 Å². The van der Waals surface area contributed by atoms with Crippen molar-refractivity contribution in [2.24, 2.45) is 5.92 Å². The largest absolute Gasteiger partial charge is 0.489 e. The number of ether oxygens (including phenoxy) is 2. The molecule has 1 aliphatic rings. The molecule has 0 aromatic heterocycles. The first-order chi connectivity index (χ1) is 14.0. The Balaban J connectivity index is 1.99. The number of rotatable bonds is 7. The van der Waals surface area contributed by atoms with E-state index in [0.29, 0.717) is 29.2 Å². The first kappa shape index (κ1) is 20.5. The van der Waals surface area contributed by atoms with Gasteiger partial charge in [0.05, 0.1) is 18.2 Å². The number of allylic oxidation sites excluding steroid dienone is 1. The molecule has 2 aromatic rings. The third kappa shape index (κ3) is 4.77. The van der Waals surface area contributed by atoms with Crippen molar-refractivity contribution in [3.63, 3.8) is 0 Å². The Bertz CT molecular complexity index is 906. The lowest BCUT2D eigenvalue weighted by Gasteiger charge is -2.31. The molecule has 0 saturated heterocycles. The predicted molar refractivity (Wildman–Crippen MR) is 110 cm³/mol. The maximum atomic E-state index is 12.8. The quantitative estimate of drug-likeness (QED) is 0.694. The van der Waals surface area contributed by atoms with Crippen LogP contribution in [0.1, 0.15) is 37.9 Å². The first-order valence-electron chi connectivity index (χ1n) is 9.75. The van der Waals surface area contributed by atoms with Gasteiger partial charge in [-0.15, -0.1) is 0 Å². The van der Waals surface area contributed by atoms with Crippen LogP contribution in [0.15, 0.2) is 65.9 Å². The van der Waals surface area contributed by atoms with Crippen LogP contribution in [-0.4, -0.2) is 18.6 Å². The summed E-state index contributed by atoms with van der Waals surface area (Å²) in [5.74, 6) is 0.0976. The number of urea groups is 1. The van der Waals surface area contributed by atoms with Gasteiger partial charge in [-0.05, 0) is 24.5 Å². The third-order valence-electron chi connectivity index (χ3n) is 4.64. The molecule has 1 unspecified atom stereocenters. The Morgan fingerprint density at radius 3 is 2.45 bits per heavy atom.